The number of rotatable bonds is 2. The van der Waals surface area contributed by atoms with E-state index in [4.69, 9.17) is 0 Å². The molecule has 0 unspecified atom stereocenters. The van der Waals surface area contributed by atoms with Crippen molar-refractivity contribution in [2.24, 2.45) is 0 Å². The van der Waals surface area contributed by atoms with Gasteiger partial charge in [-0.2, -0.15) is 0 Å². The van der Waals surface area contributed by atoms with Crippen LogP contribution in [0, 0.1) is 0 Å². The lowest BCUT2D eigenvalue weighted by atomic mass is 10.4. The Morgan fingerprint density at radius 3 is 3.00 bits per heavy atom. The second-order valence-corrected chi connectivity index (χ2v) is 3.96. The number of aromatic amines is 1. The molecule has 0 aliphatic heterocycles. The number of hydrogen-bond acceptors (Lipinski definition) is 3. The van der Waals surface area contributed by atoms with Crippen molar-refractivity contribution >= 4 is 21.6 Å². The van der Waals surface area contributed by atoms with Gasteiger partial charge in [0.15, 0.2) is 0 Å². The number of H-pyrrole nitrogens is 1. The Hall–Kier alpha value is -1.36. The van der Waals surface area contributed by atoms with Crippen molar-refractivity contribution in [2.75, 3.05) is 0 Å². The number of nitrogens with zero attached hydrogens (tertiary/aromatic N) is 1. The van der Waals surface area contributed by atoms with E-state index in [0.29, 0.717) is 11.2 Å². The van der Waals surface area contributed by atoms with Crippen molar-refractivity contribution in [3.63, 3.8) is 0 Å². The number of nitrogens with one attached hydrogen (secondary N) is 1. The minimum absolute atomic E-state index is 0.285. The molecule has 4 nitrogen and oxygen atoms in total. The average molecular weight is 210 g/mol. The summed E-state index contributed by atoms with van der Waals surface area (Å²) < 4.78 is 2.23. The Kier molecular flexibility index (Phi) is 2.25. The molecule has 0 saturated heterocycles. The molecule has 0 spiro atoms. The van der Waals surface area contributed by atoms with Crippen LogP contribution in [0.25, 0.3) is 10.2 Å². The van der Waals surface area contributed by atoms with Gasteiger partial charge < -0.3 is 0 Å². The Bertz CT molecular complexity index is 564. The lowest BCUT2D eigenvalue weighted by molar-refractivity contribution is 0.658. The monoisotopic (exact) mass is 210 g/mol. The Morgan fingerprint density at radius 2 is 2.29 bits per heavy atom. The summed E-state index contributed by atoms with van der Waals surface area (Å²) in [7, 11) is 0. The van der Waals surface area contributed by atoms with Crippen LogP contribution in [-0.4, -0.2) is 9.55 Å². The van der Waals surface area contributed by atoms with Crippen LogP contribution >= 0.6 is 11.3 Å². The van der Waals surface area contributed by atoms with Crippen LogP contribution in [0.2, 0.25) is 0 Å². The fourth-order valence-corrected chi connectivity index (χ4v) is 2.25. The van der Waals surface area contributed by atoms with E-state index in [-0.39, 0.29) is 11.2 Å². The molecule has 0 bridgehead atoms. The maximum Gasteiger partial charge on any atom is 0.328 e. The number of thiophene rings is 1. The first-order valence-corrected chi connectivity index (χ1v) is 5.32. The normalized spacial score (nSPS) is 10.9. The van der Waals surface area contributed by atoms with E-state index >= 15 is 0 Å². The predicted octanol–water partition coefficient (Wildman–Crippen LogP) is 1.16. The molecule has 2 aromatic heterocycles. The maximum absolute atomic E-state index is 11.5. The third-order valence-electron chi connectivity index (χ3n) is 2.05. The molecule has 0 aliphatic rings. The van der Waals surface area contributed by atoms with E-state index in [0.717, 1.165) is 11.9 Å². The number of hydrogen-bond donors (Lipinski definition) is 1. The molecule has 5 heteroatoms. The van der Waals surface area contributed by atoms with E-state index in [2.05, 4.69) is 4.98 Å². The molecule has 2 heterocycles. The molecule has 0 saturated carbocycles. The molecule has 0 radical (unpaired) electrons. The summed E-state index contributed by atoms with van der Waals surface area (Å²) in [5, 5.41) is 1.82. The van der Waals surface area contributed by atoms with Gasteiger partial charge in [-0.1, -0.05) is 6.92 Å². The molecule has 14 heavy (non-hydrogen) atoms. The highest BCUT2D eigenvalue weighted by Gasteiger charge is 2.06. The molecule has 2 rings (SSSR count). The highest BCUT2D eigenvalue weighted by molar-refractivity contribution is 7.17. The Balaban J connectivity index is 2.86. The zero-order valence-corrected chi connectivity index (χ0v) is 8.56. The van der Waals surface area contributed by atoms with E-state index in [1.165, 1.54) is 11.3 Å². The molecule has 0 fully saturated rings. The van der Waals surface area contributed by atoms with Crippen molar-refractivity contribution in [1.82, 2.24) is 9.55 Å². The van der Waals surface area contributed by atoms with Crippen molar-refractivity contribution in [2.45, 2.75) is 19.9 Å². The molecule has 0 amide bonds. The molecule has 0 aromatic carbocycles. The van der Waals surface area contributed by atoms with Crippen molar-refractivity contribution in [1.29, 1.82) is 0 Å². The van der Waals surface area contributed by atoms with Crippen LogP contribution < -0.4 is 11.2 Å². The minimum Gasteiger partial charge on any atom is -0.292 e. The van der Waals surface area contributed by atoms with E-state index < -0.39 is 0 Å². The van der Waals surface area contributed by atoms with Crippen molar-refractivity contribution in [3.8, 4) is 0 Å². The van der Waals surface area contributed by atoms with Crippen LogP contribution in [0.3, 0.4) is 0 Å². The quantitative estimate of drug-likeness (QED) is 0.808. The Morgan fingerprint density at radius 1 is 1.50 bits per heavy atom. The minimum atomic E-state index is -0.317. The maximum atomic E-state index is 11.5. The summed E-state index contributed by atoms with van der Waals surface area (Å²) in [6.07, 6.45) is 0.872. The van der Waals surface area contributed by atoms with E-state index in [1.807, 2.05) is 18.4 Å². The summed E-state index contributed by atoms with van der Waals surface area (Å²) in [6, 6.07) is 1.81. The zero-order valence-electron chi connectivity index (χ0n) is 7.74. The standard InChI is InChI=1S/C9H10N2O2S/c1-2-4-11-6-3-5-14-7(6)8(12)10-9(11)13/h3,5H,2,4H2,1H3,(H,10,12,13). The summed E-state index contributed by atoms with van der Waals surface area (Å²) in [4.78, 5) is 25.1. The van der Waals surface area contributed by atoms with Gasteiger partial charge in [0.25, 0.3) is 5.56 Å². The first-order chi connectivity index (χ1) is 6.74. The van der Waals surface area contributed by atoms with Gasteiger partial charge in [-0.05, 0) is 17.9 Å². The summed E-state index contributed by atoms with van der Waals surface area (Å²) >= 11 is 1.36. The van der Waals surface area contributed by atoms with E-state index in [9.17, 15) is 9.59 Å². The summed E-state index contributed by atoms with van der Waals surface area (Å²) in [6.45, 7) is 2.64. The largest absolute Gasteiger partial charge is 0.328 e. The van der Waals surface area contributed by atoms with Gasteiger partial charge in [0.1, 0.15) is 4.70 Å². The van der Waals surface area contributed by atoms with Gasteiger partial charge in [-0.3, -0.25) is 14.3 Å². The summed E-state index contributed by atoms with van der Waals surface area (Å²) in [5.41, 5.74) is 0.140. The topological polar surface area (TPSA) is 54.9 Å². The highest BCUT2D eigenvalue weighted by atomic mass is 32.1. The third-order valence-corrected chi connectivity index (χ3v) is 2.96. The molecular formula is C9H10N2O2S. The molecule has 74 valence electrons. The lowest BCUT2D eigenvalue weighted by Crippen LogP contribution is -2.29. The molecule has 2 aromatic rings. The van der Waals surface area contributed by atoms with Gasteiger partial charge in [0, 0.05) is 6.54 Å². The van der Waals surface area contributed by atoms with Crippen LogP contribution in [0.5, 0.6) is 0 Å². The predicted molar refractivity (Wildman–Crippen MR) is 57.0 cm³/mol. The average Bonchev–Trinajstić information content (AvgIpc) is 2.60. The van der Waals surface area contributed by atoms with Gasteiger partial charge in [-0.15, -0.1) is 11.3 Å². The van der Waals surface area contributed by atoms with Crippen molar-refractivity contribution in [3.05, 3.63) is 32.3 Å². The van der Waals surface area contributed by atoms with Gasteiger partial charge in [0.2, 0.25) is 0 Å². The molecule has 1 N–H and O–H groups in total. The summed E-state index contributed by atoms with van der Waals surface area (Å²) in [5.74, 6) is 0. The highest BCUT2D eigenvalue weighted by Crippen LogP contribution is 2.14. The van der Waals surface area contributed by atoms with Gasteiger partial charge in [0.05, 0.1) is 5.52 Å². The second kappa shape index (κ2) is 3.42. The SMILES string of the molecule is CCCn1c(=O)[nH]c(=O)c2sccc21. The number of aromatic nitrogens is 2. The Labute approximate surface area is 83.8 Å². The van der Waals surface area contributed by atoms with Crippen LogP contribution in [-0.2, 0) is 6.54 Å². The number of aryl methyl sites for hydroxylation is 1. The molecule has 0 aliphatic carbocycles. The van der Waals surface area contributed by atoms with Crippen LogP contribution in [0.1, 0.15) is 13.3 Å². The lowest BCUT2D eigenvalue weighted by Gasteiger charge is -2.03. The van der Waals surface area contributed by atoms with Crippen molar-refractivity contribution < 1.29 is 0 Å². The van der Waals surface area contributed by atoms with Crippen LogP contribution in [0.15, 0.2) is 21.0 Å². The fraction of sp³-hybridized carbons (Fsp3) is 0.333. The fourth-order valence-electron chi connectivity index (χ4n) is 1.46. The molecule has 0 atom stereocenters. The first-order valence-electron chi connectivity index (χ1n) is 4.44. The second-order valence-electron chi connectivity index (χ2n) is 3.05. The third kappa shape index (κ3) is 1.29. The smallest absolute Gasteiger partial charge is 0.292 e. The number of fused-ring (bicyclic) bond motifs is 1. The van der Waals surface area contributed by atoms with Crippen LogP contribution in [0.4, 0.5) is 0 Å². The van der Waals surface area contributed by atoms with E-state index in [1.54, 1.807) is 4.57 Å². The zero-order chi connectivity index (χ0) is 10.1. The van der Waals surface area contributed by atoms with Gasteiger partial charge in [-0.25, -0.2) is 4.79 Å². The van der Waals surface area contributed by atoms with Gasteiger partial charge >= 0.3 is 5.69 Å². The molecular weight excluding hydrogens is 200 g/mol. The first kappa shape index (κ1) is 9.21.